The molecule has 7 heteroatoms. The SMILES string of the molecule is CC(C)(C)OC(=O)CC[C@@H](NC(=O)OC(C)(C)C)C(=O)O. The van der Waals surface area contributed by atoms with Gasteiger partial charge in [0.1, 0.15) is 17.2 Å². The number of rotatable bonds is 5. The molecule has 0 fully saturated rings. The Morgan fingerprint density at radius 1 is 1.00 bits per heavy atom. The molecule has 0 aromatic heterocycles. The summed E-state index contributed by atoms with van der Waals surface area (Å²) in [7, 11) is 0. The predicted molar refractivity (Wildman–Crippen MR) is 75.9 cm³/mol. The van der Waals surface area contributed by atoms with Gasteiger partial charge in [-0.2, -0.15) is 0 Å². The van der Waals surface area contributed by atoms with Crippen molar-refractivity contribution in [3.63, 3.8) is 0 Å². The van der Waals surface area contributed by atoms with Crippen LogP contribution < -0.4 is 5.32 Å². The van der Waals surface area contributed by atoms with Gasteiger partial charge < -0.3 is 19.9 Å². The van der Waals surface area contributed by atoms with Gasteiger partial charge in [0.2, 0.25) is 0 Å². The van der Waals surface area contributed by atoms with Crippen LogP contribution in [-0.2, 0) is 19.1 Å². The Hall–Kier alpha value is -1.79. The summed E-state index contributed by atoms with van der Waals surface area (Å²) in [5.74, 6) is -1.75. The summed E-state index contributed by atoms with van der Waals surface area (Å²) in [5.41, 5.74) is -1.35. The number of carbonyl (C=O) groups excluding carboxylic acids is 2. The molecule has 2 N–H and O–H groups in total. The van der Waals surface area contributed by atoms with Gasteiger partial charge in [0.05, 0.1) is 0 Å². The zero-order chi connectivity index (χ0) is 16.8. The molecule has 0 bridgehead atoms. The van der Waals surface area contributed by atoms with Crippen LogP contribution in [0.15, 0.2) is 0 Å². The molecule has 0 aliphatic carbocycles. The van der Waals surface area contributed by atoms with Crippen LogP contribution in [-0.4, -0.2) is 40.4 Å². The monoisotopic (exact) mass is 303 g/mol. The Bertz CT molecular complexity index is 391. The highest BCUT2D eigenvalue weighted by molar-refractivity contribution is 5.81. The van der Waals surface area contributed by atoms with E-state index in [2.05, 4.69) is 5.32 Å². The maximum atomic E-state index is 11.5. The number of carboxylic acid groups (broad SMARTS) is 1. The van der Waals surface area contributed by atoms with Gasteiger partial charge in [-0.3, -0.25) is 4.79 Å². The zero-order valence-electron chi connectivity index (χ0n) is 13.5. The number of carbonyl (C=O) groups is 3. The molecule has 0 aromatic rings. The lowest BCUT2D eigenvalue weighted by Crippen LogP contribution is -2.43. The van der Waals surface area contributed by atoms with Crippen molar-refractivity contribution in [3.8, 4) is 0 Å². The first-order valence-electron chi connectivity index (χ1n) is 6.74. The first-order valence-corrected chi connectivity index (χ1v) is 6.74. The van der Waals surface area contributed by atoms with Crippen LogP contribution in [0, 0.1) is 0 Å². The summed E-state index contributed by atoms with van der Waals surface area (Å²) in [4.78, 5) is 34.2. The number of esters is 1. The van der Waals surface area contributed by atoms with Crippen molar-refractivity contribution in [2.45, 2.75) is 71.6 Å². The van der Waals surface area contributed by atoms with Crippen LogP contribution in [0.5, 0.6) is 0 Å². The topological polar surface area (TPSA) is 102 Å². The maximum absolute atomic E-state index is 11.5. The number of aliphatic carboxylic acids is 1. The second kappa shape index (κ2) is 7.28. The van der Waals surface area contributed by atoms with Crippen LogP contribution in [0.3, 0.4) is 0 Å². The molecule has 0 spiro atoms. The van der Waals surface area contributed by atoms with E-state index in [1.807, 2.05) is 0 Å². The molecular weight excluding hydrogens is 278 g/mol. The number of amides is 1. The summed E-state index contributed by atoms with van der Waals surface area (Å²) in [5, 5.41) is 11.3. The summed E-state index contributed by atoms with van der Waals surface area (Å²) < 4.78 is 10.1. The van der Waals surface area contributed by atoms with E-state index in [9.17, 15) is 14.4 Å². The van der Waals surface area contributed by atoms with E-state index in [0.29, 0.717) is 0 Å². The predicted octanol–water partition coefficient (Wildman–Crippen LogP) is 2.09. The average Bonchev–Trinajstić information content (AvgIpc) is 2.18. The molecule has 0 saturated heterocycles. The Morgan fingerprint density at radius 3 is 1.86 bits per heavy atom. The maximum Gasteiger partial charge on any atom is 0.408 e. The van der Waals surface area contributed by atoms with Gasteiger partial charge in [-0.1, -0.05) is 0 Å². The quantitative estimate of drug-likeness (QED) is 0.754. The third-order valence-corrected chi connectivity index (χ3v) is 2.05. The highest BCUT2D eigenvalue weighted by Crippen LogP contribution is 2.11. The minimum Gasteiger partial charge on any atom is -0.480 e. The van der Waals surface area contributed by atoms with Crippen molar-refractivity contribution in [3.05, 3.63) is 0 Å². The minimum atomic E-state index is -1.23. The molecule has 0 unspecified atom stereocenters. The van der Waals surface area contributed by atoms with Gasteiger partial charge in [0, 0.05) is 6.42 Å². The van der Waals surface area contributed by atoms with Crippen molar-refractivity contribution >= 4 is 18.0 Å². The molecule has 0 rings (SSSR count). The Balaban J connectivity index is 4.42. The summed E-state index contributed by atoms with van der Waals surface area (Å²) >= 11 is 0. The second-order valence-electron chi connectivity index (χ2n) is 6.66. The molecule has 122 valence electrons. The van der Waals surface area contributed by atoms with Crippen molar-refractivity contribution in [1.29, 1.82) is 0 Å². The van der Waals surface area contributed by atoms with Gasteiger partial charge in [-0.25, -0.2) is 9.59 Å². The smallest absolute Gasteiger partial charge is 0.408 e. The number of nitrogens with one attached hydrogen (secondary N) is 1. The van der Waals surface area contributed by atoms with E-state index in [4.69, 9.17) is 14.6 Å². The fraction of sp³-hybridized carbons (Fsp3) is 0.786. The fourth-order valence-electron chi connectivity index (χ4n) is 1.36. The van der Waals surface area contributed by atoms with Crippen molar-refractivity contribution in [2.75, 3.05) is 0 Å². The van der Waals surface area contributed by atoms with Gasteiger partial charge >= 0.3 is 18.0 Å². The lowest BCUT2D eigenvalue weighted by atomic mass is 10.1. The van der Waals surface area contributed by atoms with Crippen LogP contribution in [0.1, 0.15) is 54.4 Å². The summed E-state index contributed by atoms with van der Waals surface area (Å²) in [6.45, 7) is 10.2. The third-order valence-electron chi connectivity index (χ3n) is 2.05. The van der Waals surface area contributed by atoms with E-state index in [-0.39, 0.29) is 12.8 Å². The number of carboxylic acids is 1. The van der Waals surface area contributed by atoms with E-state index in [1.165, 1.54) is 0 Å². The molecule has 1 atom stereocenters. The second-order valence-corrected chi connectivity index (χ2v) is 6.66. The van der Waals surface area contributed by atoms with Gasteiger partial charge in [0.15, 0.2) is 0 Å². The lowest BCUT2D eigenvalue weighted by Gasteiger charge is -2.22. The molecule has 0 aromatic carbocycles. The number of hydrogen-bond acceptors (Lipinski definition) is 5. The molecule has 0 aliphatic rings. The molecule has 21 heavy (non-hydrogen) atoms. The molecule has 0 radical (unpaired) electrons. The minimum absolute atomic E-state index is 0.0660. The number of alkyl carbamates (subject to hydrolysis) is 1. The average molecular weight is 303 g/mol. The van der Waals surface area contributed by atoms with Gasteiger partial charge in [0.25, 0.3) is 0 Å². The largest absolute Gasteiger partial charge is 0.480 e. The van der Waals surface area contributed by atoms with E-state index in [1.54, 1.807) is 41.5 Å². The van der Waals surface area contributed by atoms with Crippen molar-refractivity contribution < 1.29 is 29.0 Å². The van der Waals surface area contributed by atoms with Crippen LogP contribution in [0.25, 0.3) is 0 Å². The highest BCUT2D eigenvalue weighted by atomic mass is 16.6. The van der Waals surface area contributed by atoms with Crippen LogP contribution in [0.4, 0.5) is 4.79 Å². The van der Waals surface area contributed by atoms with E-state index < -0.39 is 35.3 Å². The van der Waals surface area contributed by atoms with Crippen LogP contribution >= 0.6 is 0 Å². The van der Waals surface area contributed by atoms with Crippen LogP contribution in [0.2, 0.25) is 0 Å². The molecule has 0 heterocycles. The van der Waals surface area contributed by atoms with E-state index in [0.717, 1.165) is 0 Å². The molecular formula is C14H25NO6. The Labute approximate surface area is 125 Å². The number of ether oxygens (including phenoxy) is 2. The lowest BCUT2D eigenvalue weighted by molar-refractivity contribution is -0.155. The van der Waals surface area contributed by atoms with Crippen molar-refractivity contribution in [2.24, 2.45) is 0 Å². The third kappa shape index (κ3) is 10.6. The van der Waals surface area contributed by atoms with Gasteiger partial charge in [-0.15, -0.1) is 0 Å². The van der Waals surface area contributed by atoms with Crippen molar-refractivity contribution in [1.82, 2.24) is 5.32 Å². The summed E-state index contributed by atoms with van der Waals surface area (Å²) in [6, 6.07) is -1.20. The van der Waals surface area contributed by atoms with Gasteiger partial charge in [-0.05, 0) is 48.0 Å². The first kappa shape index (κ1) is 19.2. The Morgan fingerprint density at radius 2 is 1.48 bits per heavy atom. The fourth-order valence-corrected chi connectivity index (χ4v) is 1.36. The Kier molecular flexibility index (Phi) is 6.66. The molecule has 1 amide bonds. The molecule has 0 aliphatic heterocycles. The molecule has 7 nitrogen and oxygen atoms in total. The summed E-state index contributed by atoms with van der Waals surface area (Å²) in [6.07, 6.45) is -1.01. The van der Waals surface area contributed by atoms with E-state index >= 15 is 0 Å². The highest BCUT2D eigenvalue weighted by Gasteiger charge is 2.25. The standard InChI is InChI=1S/C14H25NO6/c1-13(2,3)20-10(16)8-7-9(11(17)18)15-12(19)21-14(4,5)6/h9H,7-8H2,1-6H3,(H,15,19)(H,17,18)/t9-/m1/s1. The number of hydrogen-bond donors (Lipinski definition) is 2. The normalized spacial score (nSPS) is 13.2. The zero-order valence-corrected chi connectivity index (χ0v) is 13.5. The molecule has 0 saturated carbocycles. The first-order chi connectivity index (χ1) is 9.30.